The Kier molecular flexibility index (Phi) is 4.86. The van der Waals surface area contributed by atoms with E-state index in [1.54, 1.807) is 0 Å². The van der Waals surface area contributed by atoms with Gasteiger partial charge in [-0.25, -0.2) is 14.6 Å². The van der Waals surface area contributed by atoms with E-state index in [0.717, 1.165) is 5.57 Å². The lowest BCUT2D eigenvalue weighted by Gasteiger charge is -2.05. The van der Waals surface area contributed by atoms with Gasteiger partial charge in [0.2, 0.25) is 0 Å². The fourth-order valence-corrected chi connectivity index (χ4v) is 1.12. The standard InChI is InChI=1S/C12H15N3O3/c1-8(2)5-6-13-12(18)15-9-3-4-10(11(16)17)14-7-9/h3-5,7H,6H2,1-2H3,(H,16,17)(H2,13,15,18). The van der Waals surface area contributed by atoms with E-state index in [-0.39, 0.29) is 11.7 Å². The van der Waals surface area contributed by atoms with E-state index in [1.165, 1.54) is 18.3 Å². The number of carbonyl (C=O) groups excluding carboxylic acids is 1. The van der Waals surface area contributed by atoms with Crippen LogP contribution in [0.3, 0.4) is 0 Å². The van der Waals surface area contributed by atoms with Crippen molar-refractivity contribution >= 4 is 17.7 Å². The maximum atomic E-state index is 11.4. The molecule has 0 saturated carbocycles. The van der Waals surface area contributed by atoms with Crippen molar-refractivity contribution in [1.82, 2.24) is 10.3 Å². The van der Waals surface area contributed by atoms with Gasteiger partial charge in [0.05, 0.1) is 11.9 Å². The number of nitrogens with one attached hydrogen (secondary N) is 2. The minimum absolute atomic E-state index is 0.0644. The lowest BCUT2D eigenvalue weighted by Crippen LogP contribution is -2.28. The maximum Gasteiger partial charge on any atom is 0.354 e. The first-order valence-electron chi connectivity index (χ1n) is 5.36. The Bertz CT molecular complexity index is 462. The monoisotopic (exact) mass is 249 g/mol. The van der Waals surface area contributed by atoms with Gasteiger partial charge >= 0.3 is 12.0 Å². The van der Waals surface area contributed by atoms with Crippen LogP contribution in [0, 0.1) is 0 Å². The summed E-state index contributed by atoms with van der Waals surface area (Å²) < 4.78 is 0. The first-order chi connectivity index (χ1) is 8.49. The number of carboxylic acids is 1. The van der Waals surface area contributed by atoms with Crippen LogP contribution < -0.4 is 10.6 Å². The first-order valence-corrected chi connectivity index (χ1v) is 5.36. The summed E-state index contributed by atoms with van der Waals surface area (Å²) in [5, 5.41) is 13.8. The summed E-state index contributed by atoms with van der Waals surface area (Å²) >= 11 is 0. The summed E-state index contributed by atoms with van der Waals surface area (Å²) in [6, 6.07) is 2.45. The van der Waals surface area contributed by atoms with Gasteiger partial charge in [0, 0.05) is 6.54 Å². The van der Waals surface area contributed by atoms with Gasteiger partial charge in [-0.3, -0.25) is 0 Å². The van der Waals surface area contributed by atoms with Crippen LogP contribution in [0.5, 0.6) is 0 Å². The summed E-state index contributed by atoms with van der Waals surface area (Å²) in [6.07, 6.45) is 3.18. The Morgan fingerprint density at radius 2 is 2.11 bits per heavy atom. The fraction of sp³-hybridized carbons (Fsp3) is 0.250. The highest BCUT2D eigenvalue weighted by Crippen LogP contribution is 2.05. The zero-order valence-electron chi connectivity index (χ0n) is 10.2. The van der Waals surface area contributed by atoms with Crippen LogP contribution in [0.4, 0.5) is 10.5 Å². The van der Waals surface area contributed by atoms with E-state index >= 15 is 0 Å². The number of aromatic nitrogens is 1. The van der Waals surface area contributed by atoms with Crippen molar-refractivity contribution in [2.24, 2.45) is 0 Å². The van der Waals surface area contributed by atoms with Crippen molar-refractivity contribution in [3.05, 3.63) is 35.7 Å². The van der Waals surface area contributed by atoms with Gasteiger partial charge in [-0.05, 0) is 26.0 Å². The third-order valence-electron chi connectivity index (χ3n) is 2.01. The Labute approximate surface area is 105 Å². The molecule has 0 aliphatic carbocycles. The number of amides is 2. The molecule has 0 radical (unpaired) electrons. The van der Waals surface area contributed by atoms with Crippen LogP contribution in [-0.4, -0.2) is 28.6 Å². The predicted octanol–water partition coefficient (Wildman–Crippen LogP) is 1.87. The number of carboxylic acid groups (broad SMARTS) is 1. The molecule has 1 aromatic rings. The second-order valence-corrected chi connectivity index (χ2v) is 3.85. The fourth-order valence-electron chi connectivity index (χ4n) is 1.12. The molecule has 0 aliphatic rings. The van der Waals surface area contributed by atoms with E-state index in [4.69, 9.17) is 5.11 Å². The highest BCUT2D eigenvalue weighted by atomic mass is 16.4. The van der Waals surface area contributed by atoms with E-state index in [2.05, 4.69) is 15.6 Å². The van der Waals surface area contributed by atoms with Gasteiger partial charge in [0.1, 0.15) is 5.69 Å². The van der Waals surface area contributed by atoms with Crippen LogP contribution in [-0.2, 0) is 0 Å². The lowest BCUT2D eigenvalue weighted by molar-refractivity contribution is 0.0690. The molecular formula is C12H15N3O3. The van der Waals surface area contributed by atoms with Crippen LogP contribution in [0.1, 0.15) is 24.3 Å². The molecule has 0 atom stereocenters. The van der Waals surface area contributed by atoms with Gasteiger partial charge in [-0.15, -0.1) is 0 Å². The molecule has 0 aromatic carbocycles. The Morgan fingerprint density at radius 1 is 1.39 bits per heavy atom. The molecule has 1 rings (SSSR count). The van der Waals surface area contributed by atoms with Gasteiger partial charge in [-0.1, -0.05) is 11.6 Å². The number of aromatic carboxylic acids is 1. The van der Waals surface area contributed by atoms with Crippen LogP contribution in [0.2, 0.25) is 0 Å². The van der Waals surface area contributed by atoms with E-state index in [9.17, 15) is 9.59 Å². The van der Waals surface area contributed by atoms with Gasteiger partial charge in [0.25, 0.3) is 0 Å². The molecule has 3 N–H and O–H groups in total. The minimum Gasteiger partial charge on any atom is -0.477 e. The summed E-state index contributed by atoms with van der Waals surface area (Å²) in [5.41, 5.74) is 1.49. The molecule has 0 unspecified atom stereocenters. The van der Waals surface area contributed by atoms with Crippen molar-refractivity contribution in [2.75, 3.05) is 11.9 Å². The maximum absolute atomic E-state index is 11.4. The predicted molar refractivity (Wildman–Crippen MR) is 67.6 cm³/mol. The van der Waals surface area contributed by atoms with Crippen LogP contribution in [0.15, 0.2) is 30.0 Å². The molecule has 0 fully saturated rings. The number of pyridine rings is 1. The average Bonchev–Trinajstić information content (AvgIpc) is 2.29. The Balaban J connectivity index is 2.49. The molecule has 1 aromatic heterocycles. The molecule has 6 nitrogen and oxygen atoms in total. The molecule has 96 valence electrons. The lowest BCUT2D eigenvalue weighted by atomic mass is 10.3. The van der Waals surface area contributed by atoms with Crippen molar-refractivity contribution in [3.8, 4) is 0 Å². The second-order valence-electron chi connectivity index (χ2n) is 3.85. The molecule has 6 heteroatoms. The number of anilines is 1. The number of allylic oxidation sites excluding steroid dienone is 1. The quantitative estimate of drug-likeness (QED) is 0.710. The largest absolute Gasteiger partial charge is 0.477 e. The summed E-state index contributed by atoms with van der Waals surface area (Å²) in [5.74, 6) is -1.10. The third kappa shape index (κ3) is 4.65. The van der Waals surface area contributed by atoms with E-state index in [0.29, 0.717) is 12.2 Å². The second kappa shape index (κ2) is 6.39. The molecule has 0 saturated heterocycles. The number of rotatable bonds is 4. The zero-order chi connectivity index (χ0) is 13.5. The smallest absolute Gasteiger partial charge is 0.354 e. The molecule has 18 heavy (non-hydrogen) atoms. The van der Waals surface area contributed by atoms with Gasteiger partial charge in [-0.2, -0.15) is 0 Å². The Morgan fingerprint density at radius 3 is 2.61 bits per heavy atom. The topological polar surface area (TPSA) is 91.3 Å². The summed E-state index contributed by atoms with van der Waals surface area (Å²) in [4.78, 5) is 25.7. The molecule has 1 heterocycles. The number of hydrogen-bond acceptors (Lipinski definition) is 3. The average molecular weight is 249 g/mol. The molecular weight excluding hydrogens is 234 g/mol. The highest BCUT2D eigenvalue weighted by molar-refractivity contribution is 5.90. The van der Waals surface area contributed by atoms with E-state index < -0.39 is 5.97 Å². The van der Waals surface area contributed by atoms with Crippen LogP contribution in [0.25, 0.3) is 0 Å². The zero-order valence-corrected chi connectivity index (χ0v) is 10.2. The first kappa shape index (κ1) is 13.7. The minimum atomic E-state index is -1.10. The SMILES string of the molecule is CC(C)=CCNC(=O)Nc1ccc(C(=O)O)nc1. The van der Waals surface area contributed by atoms with Crippen molar-refractivity contribution < 1.29 is 14.7 Å². The third-order valence-corrected chi connectivity index (χ3v) is 2.01. The Hall–Kier alpha value is -2.37. The van der Waals surface area contributed by atoms with Gasteiger partial charge in [0.15, 0.2) is 0 Å². The van der Waals surface area contributed by atoms with Crippen molar-refractivity contribution in [1.29, 1.82) is 0 Å². The number of carbonyl (C=O) groups is 2. The summed E-state index contributed by atoms with van der Waals surface area (Å²) in [7, 11) is 0. The number of urea groups is 1. The van der Waals surface area contributed by atoms with Gasteiger partial charge < -0.3 is 15.7 Å². The number of hydrogen-bond donors (Lipinski definition) is 3. The molecule has 0 aliphatic heterocycles. The molecule has 0 bridgehead atoms. The van der Waals surface area contributed by atoms with Crippen molar-refractivity contribution in [3.63, 3.8) is 0 Å². The highest BCUT2D eigenvalue weighted by Gasteiger charge is 2.05. The van der Waals surface area contributed by atoms with E-state index in [1.807, 2.05) is 19.9 Å². The van der Waals surface area contributed by atoms with Crippen LogP contribution >= 0.6 is 0 Å². The normalized spacial score (nSPS) is 9.44. The molecule has 0 spiro atoms. The number of nitrogens with zero attached hydrogens (tertiary/aromatic N) is 1. The van der Waals surface area contributed by atoms with Crippen molar-refractivity contribution in [2.45, 2.75) is 13.8 Å². The summed E-state index contributed by atoms with van der Waals surface area (Å²) in [6.45, 7) is 4.32. The molecule has 2 amide bonds.